The molecule has 0 aliphatic carbocycles. The van der Waals surface area contributed by atoms with E-state index in [1.54, 1.807) is 12.1 Å². The van der Waals surface area contributed by atoms with Crippen molar-refractivity contribution in [2.24, 2.45) is 4.99 Å². The number of benzene rings is 1. The second-order valence-electron chi connectivity index (χ2n) is 3.84. The number of aryl methyl sites for hydroxylation is 1. The van der Waals surface area contributed by atoms with Gasteiger partial charge in [0.1, 0.15) is 0 Å². The lowest BCUT2D eigenvalue weighted by molar-refractivity contribution is -0.116. The van der Waals surface area contributed by atoms with Gasteiger partial charge in [-0.2, -0.15) is 9.72 Å². The van der Waals surface area contributed by atoms with Crippen molar-refractivity contribution >= 4 is 16.8 Å². The highest BCUT2D eigenvalue weighted by molar-refractivity contribution is 5.82. The standard InChI is InChI=1S/C13H14N2O2/c1-3-10-8-13(14-9(2)16)15(17)12-7-5-4-6-11(10)12/h4-8,17H,3H2,1-2H3. The molecule has 1 amide bonds. The van der Waals surface area contributed by atoms with Gasteiger partial charge in [0.05, 0.1) is 5.52 Å². The third-order valence-corrected chi connectivity index (χ3v) is 2.65. The van der Waals surface area contributed by atoms with Gasteiger partial charge in [-0.15, -0.1) is 0 Å². The molecule has 0 bridgehead atoms. The average Bonchev–Trinajstić information content (AvgIpc) is 2.32. The molecule has 2 rings (SSSR count). The maximum atomic E-state index is 11.0. The van der Waals surface area contributed by atoms with Crippen LogP contribution in [0.1, 0.15) is 19.4 Å². The van der Waals surface area contributed by atoms with Gasteiger partial charge >= 0.3 is 0 Å². The van der Waals surface area contributed by atoms with Crippen LogP contribution in [0.15, 0.2) is 35.3 Å². The molecule has 0 radical (unpaired) electrons. The molecule has 0 unspecified atom stereocenters. The highest BCUT2D eigenvalue weighted by Gasteiger charge is 2.05. The van der Waals surface area contributed by atoms with Gasteiger partial charge in [-0.25, -0.2) is 0 Å². The van der Waals surface area contributed by atoms with E-state index in [1.807, 2.05) is 25.1 Å². The lowest BCUT2D eigenvalue weighted by Crippen LogP contribution is -2.21. The Bertz CT molecular complexity index is 641. The number of nitrogens with zero attached hydrogens (tertiary/aromatic N) is 2. The predicted octanol–water partition coefficient (Wildman–Crippen LogP) is 1.89. The van der Waals surface area contributed by atoms with Crippen molar-refractivity contribution in [3.63, 3.8) is 0 Å². The van der Waals surface area contributed by atoms with Gasteiger partial charge in [-0.05, 0) is 24.1 Å². The largest absolute Gasteiger partial charge is 0.426 e. The molecule has 1 aromatic heterocycles. The zero-order valence-electron chi connectivity index (χ0n) is 9.84. The maximum Gasteiger partial charge on any atom is 0.244 e. The van der Waals surface area contributed by atoms with Crippen LogP contribution in [0.25, 0.3) is 10.9 Å². The van der Waals surface area contributed by atoms with Crippen LogP contribution in [0.5, 0.6) is 0 Å². The number of para-hydroxylation sites is 1. The summed E-state index contributed by atoms with van der Waals surface area (Å²) in [6.45, 7) is 3.39. The first-order valence-electron chi connectivity index (χ1n) is 5.51. The summed E-state index contributed by atoms with van der Waals surface area (Å²) in [5.74, 6) is -0.329. The molecule has 0 aliphatic heterocycles. The first-order chi connectivity index (χ1) is 8.13. The normalized spacial score (nSPS) is 12.0. The number of amides is 1. The van der Waals surface area contributed by atoms with Crippen LogP contribution in [-0.2, 0) is 11.2 Å². The van der Waals surface area contributed by atoms with E-state index in [0.29, 0.717) is 5.52 Å². The number of carbonyl (C=O) groups is 1. The van der Waals surface area contributed by atoms with Gasteiger partial charge in [0, 0.05) is 12.3 Å². The Hall–Kier alpha value is -2.10. The van der Waals surface area contributed by atoms with E-state index < -0.39 is 0 Å². The number of fused-ring (bicyclic) bond motifs is 1. The van der Waals surface area contributed by atoms with E-state index in [0.717, 1.165) is 22.1 Å². The lowest BCUT2D eigenvalue weighted by atomic mass is 10.1. The molecule has 4 heteroatoms. The van der Waals surface area contributed by atoms with E-state index in [-0.39, 0.29) is 11.4 Å². The molecule has 0 aliphatic rings. The first-order valence-corrected chi connectivity index (χ1v) is 5.51. The summed E-state index contributed by atoms with van der Waals surface area (Å²) >= 11 is 0. The van der Waals surface area contributed by atoms with E-state index in [1.165, 1.54) is 6.92 Å². The third kappa shape index (κ3) is 2.06. The minimum atomic E-state index is -0.329. The average molecular weight is 230 g/mol. The molecular weight excluding hydrogens is 216 g/mol. The molecule has 4 nitrogen and oxygen atoms in total. The molecule has 2 aromatic rings. The zero-order valence-corrected chi connectivity index (χ0v) is 9.84. The highest BCUT2D eigenvalue weighted by Crippen LogP contribution is 2.16. The van der Waals surface area contributed by atoms with Crippen molar-refractivity contribution in [2.45, 2.75) is 20.3 Å². The third-order valence-electron chi connectivity index (χ3n) is 2.65. The van der Waals surface area contributed by atoms with Crippen LogP contribution in [0, 0.1) is 0 Å². The van der Waals surface area contributed by atoms with Crippen molar-refractivity contribution < 1.29 is 10.0 Å². The summed E-state index contributed by atoms with van der Waals surface area (Å²) in [7, 11) is 0. The predicted molar refractivity (Wildman–Crippen MR) is 64.7 cm³/mol. The molecular formula is C13H14N2O2. The Kier molecular flexibility index (Phi) is 2.95. The van der Waals surface area contributed by atoms with Crippen molar-refractivity contribution in [3.05, 3.63) is 41.4 Å². The fourth-order valence-corrected chi connectivity index (χ4v) is 1.88. The van der Waals surface area contributed by atoms with Gasteiger partial charge in [0.2, 0.25) is 5.91 Å². The number of aromatic nitrogens is 1. The van der Waals surface area contributed by atoms with Crippen LogP contribution in [0.4, 0.5) is 0 Å². The molecule has 1 aromatic carbocycles. The number of rotatable bonds is 1. The van der Waals surface area contributed by atoms with Gasteiger partial charge in [-0.1, -0.05) is 25.1 Å². The van der Waals surface area contributed by atoms with Crippen molar-refractivity contribution in [1.29, 1.82) is 0 Å². The fraction of sp³-hybridized carbons (Fsp3) is 0.231. The van der Waals surface area contributed by atoms with Crippen molar-refractivity contribution in [1.82, 2.24) is 4.73 Å². The minimum absolute atomic E-state index is 0.271. The Balaban J connectivity index is 2.90. The molecule has 1 heterocycles. The molecule has 0 spiro atoms. The Morgan fingerprint density at radius 2 is 2.12 bits per heavy atom. The number of carbonyl (C=O) groups excluding carboxylic acids is 1. The van der Waals surface area contributed by atoms with Crippen LogP contribution >= 0.6 is 0 Å². The summed E-state index contributed by atoms with van der Waals surface area (Å²) < 4.78 is 0.954. The lowest BCUT2D eigenvalue weighted by Gasteiger charge is -2.08. The van der Waals surface area contributed by atoms with Gasteiger partial charge in [0.25, 0.3) is 0 Å². The molecule has 1 N–H and O–H groups in total. The summed E-state index contributed by atoms with van der Waals surface area (Å²) in [4.78, 5) is 14.8. The summed E-state index contributed by atoms with van der Waals surface area (Å²) in [5, 5.41) is 11.0. The van der Waals surface area contributed by atoms with Gasteiger partial charge in [-0.3, -0.25) is 4.79 Å². The molecule has 0 atom stereocenters. The van der Waals surface area contributed by atoms with E-state index in [2.05, 4.69) is 4.99 Å². The molecule has 17 heavy (non-hydrogen) atoms. The second kappa shape index (κ2) is 4.41. The summed E-state index contributed by atoms with van der Waals surface area (Å²) in [6, 6.07) is 9.24. The molecule has 0 saturated carbocycles. The quantitative estimate of drug-likeness (QED) is 0.760. The van der Waals surface area contributed by atoms with E-state index in [4.69, 9.17) is 0 Å². The van der Waals surface area contributed by atoms with Crippen molar-refractivity contribution in [3.8, 4) is 0 Å². The first kappa shape index (κ1) is 11.4. The van der Waals surface area contributed by atoms with Crippen LogP contribution in [-0.4, -0.2) is 15.8 Å². The minimum Gasteiger partial charge on any atom is -0.426 e. The maximum absolute atomic E-state index is 11.0. The molecule has 88 valence electrons. The Morgan fingerprint density at radius 1 is 1.41 bits per heavy atom. The smallest absolute Gasteiger partial charge is 0.244 e. The second-order valence-corrected chi connectivity index (χ2v) is 3.84. The fourth-order valence-electron chi connectivity index (χ4n) is 1.88. The monoisotopic (exact) mass is 230 g/mol. The SMILES string of the molecule is CCc1cc(=NC(C)=O)n(O)c2ccccc12. The topological polar surface area (TPSA) is 54.6 Å². The van der Waals surface area contributed by atoms with E-state index >= 15 is 0 Å². The van der Waals surface area contributed by atoms with Crippen LogP contribution < -0.4 is 5.49 Å². The summed E-state index contributed by atoms with van der Waals surface area (Å²) in [5.41, 5.74) is 1.99. The number of hydrogen-bond donors (Lipinski definition) is 1. The number of hydrogen-bond acceptors (Lipinski definition) is 2. The Labute approximate surface area is 98.8 Å². The van der Waals surface area contributed by atoms with Gasteiger partial charge < -0.3 is 5.21 Å². The van der Waals surface area contributed by atoms with Gasteiger partial charge in [0.15, 0.2) is 5.49 Å². The molecule has 0 saturated heterocycles. The summed E-state index contributed by atoms with van der Waals surface area (Å²) in [6.07, 6.45) is 0.821. The highest BCUT2D eigenvalue weighted by atomic mass is 16.5. The molecule has 0 fully saturated rings. The van der Waals surface area contributed by atoms with Crippen LogP contribution in [0.2, 0.25) is 0 Å². The van der Waals surface area contributed by atoms with Crippen LogP contribution in [0.3, 0.4) is 0 Å². The Morgan fingerprint density at radius 3 is 2.76 bits per heavy atom. The number of pyridine rings is 1. The van der Waals surface area contributed by atoms with E-state index in [9.17, 15) is 10.0 Å². The zero-order chi connectivity index (χ0) is 12.4. The van der Waals surface area contributed by atoms with Crippen molar-refractivity contribution in [2.75, 3.05) is 0 Å².